The normalized spacial score (nSPS) is 24.3. The lowest BCUT2D eigenvalue weighted by atomic mass is 9.98. The second-order valence-electron chi connectivity index (χ2n) is 6.53. The van der Waals surface area contributed by atoms with E-state index in [2.05, 4.69) is 45.2 Å². The van der Waals surface area contributed by atoms with E-state index < -0.39 is 0 Å². The Hall–Kier alpha value is -1.36. The van der Waals surface area contributed by atoms with Crippen molar-refractivity contribution in [3.63, 3.8) is 0 Å². The van der Waals surface area contributed by atoms with E-state index in [1.165, 1.54) is 49.1 Å². The van der Waals surface area contributed by atoms with Gasteiger partial charge in [-0.2, -0.15) is 0 Å². The standard InChI is InChI=1S/C18H25N3O/c1-2-4-18-16(3-1)17(13-19-18)15-5-6-21(14-15)8-7-20-9-11-22-12-10-20/h1-4,13,15,19H,5-12,14H2/t15-/m0/s1. The third-order valence-corrected chi connectivity index (χ3v) is 5.17. The van der Waals surface area contributed by atoms with Gasteiger partial charge in [0.05, 0.1) is 13.2 Å². The van der Waals surface area contributed by atoms with E-state index >= 15 is 0 Å². The molecule has 0 spiro atoms. The minimum Gasteiger partial charge on any atom is -0.379 e. The number of hydrogen-bond acceptors (Lipinski definition) is 3. The Morgan fingerprint density at radius 2 is 1.86 bits per heavy atom. The Morgan fingerprint density at radius 1 is 1.05 bits per heavy atom. The summed E-state index contributed by atoms with van der Waals surface area (Å²) in [5, 5.41) is 1.41. The number of aromatic nitrogens is 1. The molecule has 0 radical (unpaired) electrons. The molecule has 0 amide bonds. The number of nitrogens with zero attached hydrogens (tertiary/aromatic N) is 2. The first-order valence-corrected chi connectivity index (χ1v) is 8.48. The SMILES string of the molecule is c1ccc2c([C@H]3CCN(CCN4CCOCC4)C3)c[nH]c2c1. The van der Waals surface area contributed by atoms with Crippen molar-refractivity contribution in [1.82, 2.24) is 14.8 Å². The molecule has 4 nitrogen and oxygen atoms in total. The zero-order valence-corrected chi connectivity index (χ0v) is 13.1. The quantitative estimate of drug-likeness (QED) is 0.940. The van der Waals surface area contributed by atoms with E-state index in [1.807, 2.05) is 0 Å². The van der Waals surface area contributed by atoms with Crippen LogP contribution in [0.5, 0.6) is 0 Å². The minimum atomic E-state index is 0.681. The summed E-state index contributed by atoms with van der Waals surface area (Å²) in [5.74, 6) is 0.681. The number of likely N-dealkylation sites (tertiary alicyclic amines) is 1. The van der Waals surface area contributed by atoms with Gasteiger partial charge in [0.1, 0.15) is 0 Å². The molecule has 1 aromatic heterocycles. The van der Waals surface area contributed by atoms with Gasteiger partial charge in [-0.05, 0) is 30.5 Å². The number of H-pyrrole nitrogens is 1. The van der Waals surface area contributed by atoms with Crippen LogP contribution < -0.4 is 0 Å². The van der Waals surface area contributed by atoms with E-state index in [9.17, 15) is 0 Å². The predicted molar refractivity (Wildman–Crippen MR) is 89.4 cm³/mol. The maximum absolute atomic E-state index is 5.42. The zero-order chi connectivity index (χ0) is 14.8. The summed E-state index contributed by atoms with van der Waals surface area (Å²) in [6.07, 6.45) is 3.51. The molecule has 0 aliphatic carbocycles. The van der Waals surface area contributed by atoms with E-state index in [4.69, 9.17) is 4.74 Å². The summed E-state index contributed by atoms with van der Waals surface area (Å²) in [6.45, 7) is 8.80. The average molecular weight is 299 g/mol. The molecule has 22 heavy (non-hydrogen) atoms. The van der Waals surface area contributed by atoms with Crippen LogP contribution in [0.3, 0.4) is 0 Å². The Bertz CT molecular complexity index is 618. The maximum atomic E-state index is 5.42. The zero-order valence-electron chi connectivity index (χ0n) is 13.1. The van der Waals surface area contributed by atoms with Gasteiger partial charge in [-0.15, -0.1) is 0 Å². The number of para-hydroxylation sites is 1. The number of ether oxygens (including phenoxy) is 1. The fourth-order valence-corrected chi connectivity index (χ4v) is 3.83. The van der Waals surface area contributed by atoms with Gasteiger partial charge in [0.2, 0.25) is 0 Å². The molecule has 1 atom stereocenters. The molecule has 118 valence electrons. The van der Waals surface area contributed by atoms with Crippen LogP contribution in [0.25, 0.3) is 10.9 Å². The van der Waals surface area contributed by atoms with Crippen LogP contribution in [-0.2, 0) is 4.74 Å². The molecule has 2 saturated heterocycles. The fraction of sp³-hybridized carbons (Fsp3) is 0.556. The monoisotopic (exact) mass is 299 g/mol. The number of aromatic amines is 1. The van der Waals surface area contributed by atoms with Crippen LogP contribution in [0.15, 0.2) is 30.5 Å². The molecule has 2 aliphatic rings. The van der Waals surface area contributed by atoms with Crippen molar-refractivity contribution in [1.29, 1.82) is 0 Å². The lowest BCUT2D eigenvalue weighted by Gasteiger charge is -2.28. The van der Waals surface area contributed by atoms with Gasteiger partial charge in [0.25, 0.3) is 0 Å². The largest absolute Gasteiger partial charge is 0.379 e. The summed E-state index contributed by atoms with van der Waals surface area (Å²) in [5.41, 5.74) is 2.77. The molecule has 4 heteroatoms. The van der Waals surface area contributed by atoms with Crippen molar-refractivity contribution >= 4 is 10.9 Å². The Kier molecular flexibility index (Phi) is 4.15. The highest BCUT2D eigenvalue weighted by atomic mass is 16.5. The van der Waals surface area contributed by atoms with Crippen LogP contribution >= 0.6 is 0 Å². The maximum Gasteiger partial charge on any atom is 0.0594 e. The molecule has 0 unspecified atom stereocenters. The molecule has 3 heterocycles. The topological polar surface area (TPSA) is 31.5 Å². The number of morpholine rings is 1. The molecule has 2 aromatic rings. The van der Waals surface area contributed by atoms with Gasteiger partial charge in [-0.25, -0.2) is 0 Å². The predicted octanol–water partition coefficient (Wildman–Crippen LogP) is 2.29. The highest BCUT2D eigenvalue weighted by Crippen LogP contribution is 2.32. The molecule has 1 aromatic carbocycles. The van der Waals surface area contributed by atoms with E-state index in [-0.39, 0.29) is 0 Å². The van der Waals surface area contributed by atoms with Gasteiger partial charge in [-0.1, -0.05) is 18.2 Å². The highest BCUT2D eigenvalue weighted by molar-refractivity contribution is 5.83. The number of fused-ring (bicyclic) bond motifs is 1. The summed E-state index contributed by atoms with van der Waals surface area (Å²) in [7, 11) is 0. The molecular weight excluding hydrogens is 274 g/mol. The third-order valence-electron chi connectivity index (χ3n) is 5.17. The van der Waals surface area contributed by atoms with E-state index in [1.54, 1.807) is 0 Å². The van der Waals surface area contributed by atoms with Crippen LogP contribution in [0.2, 0.25) is 0 Å². The first-order chi connectivity index (χ1) is 10.9. The van der Waals surface area contributed by atoms with Gasteiger partial charge in [0, 0.05) is 49.8 Å². The first-order valence-electron chi connectivity index (χ1n) is 8.48. The van der Waals surface area contributed by atoms with Crippen molar-refractivity contribution in [3.05, 3.63) is 36.0 Å². The Labute approximate surface area is 132 Å². The number of hydrogen-bond donors (Lipinski definition) is 1. The van der Waals surface area contributed by atoms with Gasteiger partial charge >= 0.3 is 0 Å². The smallest absolute Gasteiger partial charge is 0.0594 e. The Morgan fingerprint density at radius 3 is 2.77 bits per heavy atom. The second-order valence-corrected chi connectivity index (χ2v) is 6.53. The number of benzene rings is 1. The van der Waals surface area contributed by atoms with Crippen LogP contribution in [0, 0.1) is 0 Å². The van der Waals surface area contributed by atoms with Crippen LogP contribution in [0.1, 0.15) is 17.9 Å². The number of nitrogens with one attached hydrogen (secondary N) is 1. The summed E-state index contributed by atoms with van der Waals surface area (Å²) >= 11 is 0. The molecule has 4 rings (SSSR count). The third kappa shape index (κ3) is 2.91. The number of rotatable bonds is 4. The Balaban J connectivity index is 1.36. The van der Waals surface area contributed by atoms with E-state index in [0.717, 1.165) is 26.3 Å². The summed E-state index contributed by atoms with van der Waals surface area (Å²) < 4.78 is 5.42. The lowest BCUT2D eigenvalue weighted by Crippen LogP contribution is -2.41. The molecular formula is C18H25N3O. The van der Waals surface area contributed by atoms with Crippen molar-refractivity contribution in [2.45, 2.75) is 12.3 Å². The van der Waals surface area contributed by atoms with Crippen molar-refractivity contribution in [2.24, 2.45) is 0 Å². The lowest BCUT2D eigenvalue weighted by molar-refractivity contribution is 0.0343. The van der Waals surface area contributed by atoms with E-state index in [0.29, 0.717) is 5.92 Å². The second kappa shape index (κ2) is 6.41. The molecule has 1 N–H and O–H groups in total. The first kappa shape index (κ1) is 14.2. The molecule has 2 fully saturated rings. The van der Waals surface area contributed by atoms with Crippen LogP contribution in [-0.4, -0.2) is 67.3 Å². The van der Waals surface area contributed by atoms with Crippen molar-refractivity contribution < 1.29 is 4.74 Å². The average Bonchev–Trinajstić information content (AvgIpc) is 3.20. The van der Waals surface area contributed by atoms with Crippen molar-refractivity contribution in [3.8, 4) is 0 Å². The van der Waals surface area contributed by atoms with Gasteiger partial charge in [-0.3, -0.25) is 4.90 Å². The van der Waals surface area contributed by atoms with Crippen LogP contribution in [0.4, 0.5) is 0 Å². The van der Waals surface area contributed by atoms with Gasteiger partial charge < -0.3 is 14.6 Å². The molecule has 0 bridgehead atoms. The fourth-order valence-electron chi connectivity index (χ4n) is 3.83. The summed E-state index contributed by atoms with van der Waals surface area (Å²) in [4.78, 5) is 8.58. The highest BCUT2D eigenvalue weighted by Gasteiger charge is 2.26. The van der Waals surface area contributed by atoms with Gasteiger partial charge in [0.15, 0.2) is 0 Å². The minimum absolute atomic E-state index is 0.681. The van der Waals surface area contributed by atoms with Crippen molar-refractivity contribution in [2.75, 3.05) is 52.5 Å². The molecule has 2 aliphatic heterocycles. The summed E-state index contributed by atoms with van der Waals surface area (Å²) in [6, 6.07) is 8.66. The molecule has 0 saturated carbocycles.